The van der Waals surface area contributed by atoms with Crippen molar-refractivity contribution >= 4 is 9.84 Å². The average Bonchev–Trinajstić information content (AvgIpc) is 2.25. The fourth-order valence-corrected chi connectivity index (χ4v) is 3.32. The zero-order valence-corrected chi connectivity index (χ0v) is 12.1. The summed E-state index contributed by atoms with van der Waals surface area (Å²) in [4.78, 5) is 2.02. The van der Waals surface area contributed by atoms with Gasteiger partial charge in [0, 0.05) is 19.3 Å². The van der Waals surface area contributed by atoms with Crippen LogP contribution in [0.4, 0.5) is 0 Å². The van der Waals surface area contributed by atoms with Gasteiger partial charge in [-0.25, -0.2) is 8.42 Å². The number of hydrogen-bond acceptors (Lipinski definition) is 3. The van der Waals surface area contributed by atoms with E-state index < -0.39 is 9.84 Å². The standard InChI is InChI=1S/C14H21NO2S/c1-11(2)13-5-4-12-6-7-15(9-14(12)8-13)10-18(3,16)17/h4-5,8,11H,6-7,9-10H2,1-3H3. The van der Waals surface area contributed by atoms with Crippen LogP contribution in [0, 0.1) is 0 Å². The van der Waals surface area contributed by atoms with Crippen molar-refractivity contribution in [3.8, 4) is 0 Å². The first-order chi connectivity index (χ1) is 8.35. The highest BCUT2D eigenvalue weighted by molar-refractivity contribution is 7.90. The molecule has 1 aromatic rings. The number of sulfone groups is 1. The minimum Gasteiger partial charge on any atom is -0.285 e. The van der Waals surface area contributed by atoms with E-state index in [4.69, 9.17) is 0 Å². The molecule has 1 heterocycles. The van der Waals surface area contributed by atoms with Crippen LogP contribution < -0.4 is 0 Å². The lowest BCUT2D eigenvalue weighted by Crippen LogP contribution is -2.34. The van der Waals surface area contributed by atoms with Crippen LogP contribution in [0.5, 0.6) is 0 Å². The number of benzene rings is 1. The third-order valence-corrected chi connectivity index (χ3v) is 4.24. The molecule has 0 aromatic heterocycles. The molecule has 0 bridgehead atoms. The van der Waals surface area contributed by atoms with E-state index >= 15 is 0 Å². The smallest absolute Gasteiger partial charge is 0.160 e. The van der Waals surface area contributed by atoms with Gasteiger partial charge in [0.05, 0.1) is 0 Å². The minimum absolute atomic E-state index is 0.165. The van der Waals surface area contributed by atoms with Gasteiger partial charge in [-0.2, -0.15) is 0 Å². The van der Waals surface area contributed by atoms with Crippen molar-refractivity contribution in [2.45, 2.75) is 32.7 Å². The fraction of sp³-hybridized carbons (Fsp3) is 0.571. The summed E-state index contributed by atoms with van der Waals surface area (Å²) in [6, 6.07) is 6.62. The van der Waals surface area contributed by atoms with Crippen LogP contribution in [0.2, 0.25) is 0 Å². The van der Waals surface area contributed by atoms with E-state index in [0.29, 0.717) is 5.92 Å². The number of hydrogen-bond donors (Lipinski definition) is 0. The molecule has 1 aromatic carbocycles. The van der Waals surface area contributed by atoms with E-state index in [-0.39, 0.29) is 5.88 Å². The zero-order valence-electron chi connectivity index (χ0n) is 11.3. The van der Waals surface area contributed by atoms with Gasteiger partial charge in [-0.15, -0.1) is 0 Å². The summed E-state index contributed by atoms with van der Waals surface area (Å²) in [5, 5.41) is 0. The summed E-state index contributed by atoms with van der Waals surface area (Å²) in [7, 11) is -2.93. The van der Waals surface area contributed by atoms with Crippen LogP contribution in [0.25, 0.3) is 0 Å². The van der Waals surface area contributed by atoms with Crippen molar-refractivity contribution in [3.05, 3.63) is 34.9 Å². The minimum atomic E-state index is -2.93. The first-order valence-corrected chi connectivity index (χ1v) is 8.43. The molecule has 0 amide bonds. The molecule has 0 aliphatic carbocycles. The second-order valence-electron chi connectivity index (χ2n) is 5.54. The highest BCUT2D eigenvalue weighted by Gasteiger charge is 2.19. The summed E-state index contributed by atoms with van der Waals surface area (Å²) in [5.74, 6) is 0.679. The van der Waals surface area contributed by atoms with Crippen molar-refractivity contribution < 1.29 is 8.42 Å². The van der Waals surface area contributed by atoms with Gasteiger partial charge >= 0.3 is 0 Å². The molecule has 1 aliphatic heterocycles. The third-order valence-electron chi connectivity index (χ3n) is 3.41. The maximum atomic E-state index is 11.3. The van der Waals surface area contributed by atoms with E-state index in [9.17, 15) is 8.42 Å². The normalized spacial score (nSPS) is 16.9. The molecule has 4 heteroatoms. The first-order valence-electron chi connectivity index (χ1n) is 6.37. The lowest BCUT2D eigenvalue weighted by atomic mass is 9.94. The van der Waals surface area contributed by atoms with Crippen LogP contribution in [-0.4, -0.2) is 32.0 Å². The Morgan fingerprint density at radius 3 is 2.61 bits per heavy atom. The molecule has 1 aliphatic rings. The SMILES string of the molecule is CC(C)c1ccc2c(c1)CN(CS(C)(=O)=O)CC2. The van der Waals surface area contributed by atoms with Gasteiger partial charge in [-0.3, -0.25) is 4.90 Å². The number of nitrogens with zero attached hydrogens (tertiary/aromatic N) is 1. The maximum Gasteiger partial charge on any atom is 0.160 e. The van der Waals surface area contributed by atoms with Crippen molar-refractivity contribution in [1.82, 2.24) is 4.90 Å². The average molecular weight is 267 g/mol. The molecule has 0 fully saturated rings. The molecule has 18 heavy (non-hydrogen) atoms. The summed E-state index contributed by atoms with van der Waals surface area (Å²) in [5.41, 5.74) is 3.98. The van der Waals surface area contributed by atoms with E-state index in [1.54, 1.807) is 0 Å². The molecule has 3 nitrogen and oxygen atoms in total. The summed E-state index contributed by atoms with van der Waals surface area (Å²) < 4.78 is 22.7. The molecule has 0 saturated carbocycles. The van der Waals surface area contributed by atoms with Crippen LogP contribution in [0.3, 0.4) is 0 Å². The Morgan fingerprint density at radius 2 is 2.00 bits per heavy atom. The molecule has 100 valence electrons. The predicted octanol–water partition coefficient (Wildman–Crippen LogP) is 2.17. The zero-order chi connectivity index (χ0) is 13.3. The Hall–Kier alpha value is -0.870. The first kappa shape index (κ1) is 13.6. The molecule has 2 rings (SSSR count). The summed E-state index contributed by atoms with van der Waals surface area (Å²) >= 11 is 0. The molecule has 0 spiro atoms. The van der Waals surface area contributed by atoms with Gasteiger partial charge < -0.3 is 0 Å². The van der Waals surface area contributed by atoms with Gasteiger partial charge in [0.2, 0.25) is 0 Å². The molecular weight excluding hydrogens is 246 g/mol. The quantitative estimate of drug-likeness (QED) is 0.842. The molecule has 0 unspecified atom stereocenters. The molecule has 0 N–H and O–H groups in total. The van der Waals surface area contributed by atoms with Gasteiger partial charge in [0.25, 0.3) is 0 Å². The Balaban J connectivity index is 2.19. The monoisotopic (exact) mass is 267 g/mol. The molecular formula is C14H21NO2S. The van der Waals surface area contributed by atoms with E-state index in [2.05, 4.69) is 32.0 Å². The van der Waals surface area contributed by atoms with Gasteiger partial charge in [0.1, 0.15) is 5.88 Å². The Kier molecular flexibility index (Phi) is 3.78. The van der Waals surface area contributed by atoms with Crippen LogP contribution >= 0.6 is 0 Å². The van der Waals surface area contributed by atoms with Crippen molar-refractivity contribution in [3.63, 3.8) is 0 Å². The Bertz CT molecular complexity index is 535. The highest BCUT2D eigenvalue weighted by atomic mass is 32.2. The van der Waals surface area contributed by atoms with Crippen molar-refractivity contribution in [1.29, 1.82) is 0 Å². The van der Waals surface area contributed by atoms with Gasteiger partial charge in [-0.1, -0.05) is 32.0 Å². The highest BCUT2D eigenvalue weighted by Crippen LogP contribution is 2.24. The summed E-state index contributed by atoms with van der Waals surface area (Å²) in [6.07, 6.45) is 2.25. The van der Waals surface area contributed by atoms with Gasteiger partial charge in [0.15, 0.2) is 9.84 Å². The van der Waals surface area contributed by atoms with Crippen LogP contribution in [-0.2, 0) is 22.8 Å². The fourth-order valence-electron chi connectivity index (χ4n) is 2.44. The predicted molar refractivity (Wildman–Crippen MR) is 74.4 cm³/mol. The number of rotatable bonds is 3. The lowest BCUT2D eigenvalue weighted by molar-refractivity contribution is 0.293. The second kappa shape index (κ2) is 5.02. The Morgan fingerprint density at radius 1 is 1.28 bits per heavy atom. The number of fused-ring (bicyclic) bond motifs is 1. The largest absolute Gasteiger partial charge is 0.285 e. The van der Waals surface area contributed by atoms with E-state index in [1.165, 1.54) is 22.9 Å². The van der Waals surface area contributed by atoms with E-state index in [0.717, 1.165) is 19.5 Å². The maximum absolute atomic E-state index is 11.3. The Labute approximate surface area is 110 Å². The van der Waals surface area contributed by atoms with E-state index in [1.807, 2.05) is 4.90 Å². The van der Waals surface area contributed by atoms with Crippen LogP contribution in [0.1, 0.15) is 36.5 Å². The molecule has 0 saturated heterocycles. The summed E-state index contributed by atoms with van der Waals surface area (Å²) in [6.45, 7) is 5.95. The second-order valence-corrected chi connectivity index (χ2v) is 7.65. The molecule has 0 radical (unpaired) electrons. The topological polar surface area (TPSA) is 37.4 Å². The van der Waals surface area contributed by atoms with Crippen molar-refractivity contribution in [2.75, 3.05) is 18.7 Å². The third kappa shape index (κ3) is 3.33. The van der Waals surface area contributed by atoms with Crippen molar-refractivity contribution in [2.24, 2.45) is 0 Å². The molecule has 0 atom stereocenters. The lowest BCUT2D eigenvalue weighted by Gasteiger charge is -2.28. The van der Waals surface area contributed by atoms with Gasteiger partial charge in [-0.05, 0) is 29.0 Å². The van der Waals surface area contributed by atoms with Crippen LogP contribution in [0.15, 0.2) is 18.2 Å².